The smallest absolute Gasteiger partial charge is 0.254 e. The van der Waals surface area contributed by atoms with E-state index >= 15 is 0 Å². The van der Waals surface area contributed by atoms with Crippen molar-refractivity contribution >= 4 is 17.7 Å². The lowest BCUT2D eigenvalue weighted by atomic mass is 10.2. The second-order valence-corrected chi connectivity index (χ2v) is 3.88. The zero-order valence-electron chi connectivity index (χ0n) is 10.4. The Morgan fingerprint density at radius 1 is 1.25 bits per heavy atom. The first-order chi connectivity index (χ1) is 9.41. The van der Waals surface area contributed by atoms with Crippen molar-refractivity contribution in [3.8, 4) is 0 Å². The van der Waals surface area contributed by atoms with Crippen molar-refractivity contribution in [2.45, 2.75) is 6.10 Å². The number of amides is 3. The molecule has 0 heterocycles. The molecular weight excluding hydrogens is 269 g/mol. The Bertz CT molecular complexity index is 521. The largest absolute Gasteiger partial charge is 0.381 e. The summed E-state index contributed by atoms with van der Waals surface area (Å²) in [6.07, 6.45) is -1.50. The Morgan fingerprint density at radius 3 is 2.50 bits per heavy atom. The Balaban J connectivity index is 2.40. The third-order valence-electron chi connectivity index (χ3n) is 2.35. The van der Waals surface area contributed by atoms with Crippen molar-refractivity contribution in [2.75, 3.05) is 13.1 Å². The molecule has 0 radical (unpaired) electrons. The molecule has 0 bridgehead atoms. The number of aliphatic hydroxyl groups excluding tert-OH is 1. The summed E-state index contributed by atoms with van der Waals surface area (Å²) in [7, 11) is 0. The van der Waals surface area contributed by atoms with Crippen molar-refractivity contribution in [2.24, 2.45) is 5.73 Å². The van der Waals surface area contributed by atoms with Crippen LogP contribution < -0.4 is 16.4 Å². The fraction of sp³-hybridized carbons (Fsp3) is 0.250. The number of nitrogens with one attached hydrogen (secondary N) is 2. The molecule has 1 atom stereocenters. The standard InChI is InChI=1S/C12H14FN3O4/c13-8-4-2-1-3-7(8)12(20)16-6-10(18)15-5-9(17)11(14)19/h1-4,9,17H,5-6H2,(H2,14,19)(H,15,18)(H,16,20). The Morgan fingerprint density at radius 2 is 1.90 bits per heavy atom. The molecule has 20 heavy (non-hydrogen) atoms. The van der Waals surface area contributed by atoms with Gasteiger partial charge in [-0.25, -0.2) is 4.39 Å². The monoisotopic (exact) mass is 283 g/mol. The zero-order chi connectivity index (χ0) is 15.1. The molecule has 1 unspecified atom stereocenters. The van der Waals surface area contributed by atoms with Crippen LogP contribution in [0, 0.1) is 5.82 Å². The summed E-state index contributed by atoms with van der Waals surface area (Å²) in [6.45, 7) is -0.775. The number of nitrogens with two attached hydrogens (primary N) is 1. The normalized spacial score (nSPS) is 11.5. The minimum Gasteiger partial charge on any atom is -0.381 e. The maximum atomic E-state index is 13.3. The van der Waals surface area contributed by atoms with Gasteiger partial charge in [-0.3, -0.25) is 14.4 Å². The van der Waals surface area contributed by atoms with E-state index in [1.807, 2.05) is 0 Å². The summed E-state index contributed by atoms with van der Waals surface area (Å²) in [5.41, 5.74) is 4.60. The molecule has 108 valence electrons. The molecule has 5 N–H and O–H groups in total. The van der Waals surface area contributed by atoms with Crippen LogP contribution in [0.25, 0.3) is 0 Å². The van der Waals surface area contributed by atoms with Gasteiger partial charge < -0.3 is 21.5 Å². The number of hydrogen-bond donors (Lipinski definition) is 4. The number of hydrogen-bond acceptors (Lipinski definition) is 4. The van der Waals surface area contributed by atoms with Gasteiger partial charge in [-0.05, 0) is 12.1 Å². The van der Waals surface area contributed by atoms with E-state index in [4.69, 9.17) is 10.8 Å². The second kappa shape index (κ2) is 7.19. The highest BCUT2D eigenvalue weighted by molar-refractivity contribution is 5.96. The van der Waals surface area contributed by atoms with E-state index in [-0.39, 0.29) is 12.1 Å². The molecule has 1 aromatic carbocycles. The predicted octanol–water partition coefficient (Wildman–Crippen LogP) is -1.48. The number of primary amides is 1. The number of carbonyl (C=O) groups excluding carboxylic acids is 3. The van der Waals surface area contributed by atoms with Crippen molar-refractivity contribution in [3.63, 3.8) is 0 Å². The van der Waals surface area contributed by atoms with Gasteiger partial charge in [0.25, 0.3) is 5.91 Å². The molecule has 1 rings (SSSR count). The Kier molecular flexibility index (Phi) is 5.60. The van der Waals surface area contributed by atoms with Gasteiger partial charge in [0.1, 0.15) is 11.9 Å². The van der Waals surface area contributed by atoms with Crippen LogP contribution in [0.3, 0.4) is 0 Å². The second-order valence-electron chi connectivity index (χ2n) is 3.88. The molecular formula is C12H14FN3O4. The van der Waals surface area contributed by atoms with Gasteiger partial charge in [-0.15, -0.1) is 0 Å². The molecule has 7 nitrogen and oxygen atoms in total. The molecule has 0 aliphatic heterocycles. The zero-order valence-corrected chi connectivity index (χ0v) is 10.4. The summed E-state index contributed by atoms with van der Waals surface area (Å²) in [4.78, 5) is 33.4. The fourth-order valence-corrected chi connectivity index (χ4v) is 1.27. The third-order valence-corrected chi connectivity index (χ3v) is 2.35. The van der Waals surface area contributed by atoms with Crippen LogP contribution in [-0.4, -0.2) is 42.0 Å². The predicted molar refractivity (Wildman–Crippen MR) is 66.9 cm³/mol. The highest BCUT2D eigenvalue weighted by Gasteiger charge is 2.14. The topological polar surface area (TPSA) is 122 Å². The van der Waals surface area contributed by atoms with Gasteiger partial charge in [0.15, 0.2) is 0 Å². The SMILES string of the molecule is NC(=O)C(O)CNC(=O)CNC(=O)c1ccccc1F. The van der Waals surface area contributed by atoms with E-state index in [1.165, 1.54) is 18.2 Å². The number of carbonyl (C=O) groups is 3. The first-order valence-electron chi connectivity index (χ1n) is 5.68. The molecule has 8 heteroatoms. The van der Waals surface area contributed by atoms with Gasteiger partial charge in [0, 0.05) is 0 Å². The van der Waals surface area contributed by atoms with Crippen molar-refractivity contribution in [1.82, 2.24) is 10.6 Å². The van der Waals surface area contributed by atoms with E-state index in [2.05, 4.69) is 10.6 Å². The number of benzene rings is 1. The summed E-state index contributed by atoms with van der Waals surface area (Å²) in [6, 6.07) is 5.32. The summed E-state index contributed by atoms with van der Waals surface area (Å²) in [5.74, 6) is -3.06. The van der Waals surface area contributed by atoms with Crippen LogP contribution in [0.1, 0.15) is 10.4 Å². The molecule has 3 amide bonds. The summed E-state index contributed by atoms with van der Waals surface area (Å²) >= 11 is 0. The van der Waals surface area contributed by atoms with Crippen molar-refractivity contribution in [1.29, 1.82) is 0 Å². The van der Waals surface area contributed by atoms with Crippen LogP contribution in [-0.2, 0) is 9.59 Å². The molecule has 0 spiro atoms. The lowest BCUT2D eigenvalue weighted by Gasteiger charge is -2.09. The Labute approximate surface area is 114 Å². The Hall–Kier alpha value is -2.48. The molecule has 0 aliphatic carbocycles. The van der Waals surface area contributed by atoms with Gasteiger partial charge >= 0.3 is 0 Å². The molecule has 0 aliphatic rings. The molecule has 0 aromatic heterocycles. The summed E-state index contributed by atoms with van der Waals surface area (Å²) in [5, 5.41) is 13.4. The molecule has 0 fully saturated rings. The van der Waals surface area contributed by atoms with Gasteiger partial charge in [0.2, 0.25) is 11.8 Å². The first-order valence-corrected chi connectivity index (χ1v) is 5.68. The first kappa shape index (κ1) is 15.6. The lowest BCUT2D eigenvalue weighted by Crippen LogP contribution is -2.43. The minimum absolute atomic E-state index is 0.183. The van der Waals surface area contributed by atoms with Crippen LogP contribution in [0.5, 0.6) is 0 Å². The average Bonchev–Trinajstić information content (AvgIpc) is 2.42. The van der Waals surface area contributed by atoms with Crippen LogP contribution in [0.15, 0.2) is 24.3 Å². The lowest BCUT2D eigenvalue weighted by molar-refractivity contribution is -0.126. The fourth-order valence-electron chi connectivity index (χ4n) is 1.27. The van der Waals surface area contributed by atoms with Crippen molar-refractivity contribution in [3.05, 3.63) is 35.6 Å². The van der Waals surface area contributed by atoms with Gasteiger partial charge in [-0.1, -0.05) is 12.1 Å². The van der Waals surface area contributed by atoms with E-state index in [9.17, 15) is 18.8 Å². The number of rotatable bonds is 6. The van der Waals surface area contributed by atoms with Crippen LogP contribution in [0.2, 0.25) is 0 Å². The van der Waals surface area contributed by atoms with E-state index in [1.54, 1.807) is 0 Å². The number of halogens is 1. The highest BCUT2D eigenvalue weighted by atomic mass is 19.1. The van der Waals surface area contributed by atoms with E-state index in [0.29, 0.717) is 0 Å². The van der Waals surface area contributed by atoms with Crippen LogP contribution >= 0.6 is 0 Å². The van der Waals surface area contributed by atoms with E-state index in [0.717, 1.165) is 6.07 Å². The van der Waals surface area contributed by atoms with Gasteiger partial charge in [-0.2, -0.15) is 0 Å². The highest BCUT2D eigenvalue weighted by Crippen LogP contribution is 2.05. The van der Waals surface area contributed by atoms with Crippen LogP contribution in [0.4, 0.5) is 4.39 Å². The maximum absolute atomic E-state index is 13.3. The van der Waals surface area contributed by atoms with Crippen molar-refractivity contribution < 1.29 is 23.9 Å². The average molecular weight is 283 g/mol. The van der Waals surface area contributed by atoms with E-state index < -0.39 is 36.2 Å². The third kappa shape index (κ3) is 4.65. The van der Waals surface area contributed by atoms with Gasteiger partial charge in [0.05, 0.1) is 18.7 Å². The number of aliphatic hydroxyl groups is 1. The summed E-state index contributed by atoms with van der Waals surface area (Å²) < 4.78 is 13.3. The molecule has 1 aromatic rings. The quantitative estimate of drug-likeness (QED) is 0.508. The maximum Gasteiger partial charge on any atom is 0.254 e. The molecule has 0 saturated carbocycles. The minimum atomic E-state index is -1.50. The molecule has 0 saturated heterocycles.